The minimum Gasteiger partial charge on any atom is -0.357 e. The predicted molar refractivity (Wildman–Crippen MR) is 75.1 cm³/mol. The molecule has 9 heteroatoms. The van der Waals surface area contributed by atoms with Crippen LogP contribution in [0.1, 0.15) is 17.8 Å². The van der Waals surface area contributed by atoms with Gasteiger partial charge in [-0.05, 0) is 30.7 Å². The van der Waals surface area contributed by atoms with Crippen molar-refractivity contribution in [1.82, 2.24) is 9.97 Å². The van der Waals surface area contributed by atoms with E-state index in [1.165, 1.54) is 11.3 Å². The highest BCUT2D eigenvalue weighted by molar-refractivity contribution is 7.16. The lowest BCUT2D eigenvalue weighted by Crippen LogP contribution is -2.09. The van der Waals surface area contributed by atoms with Crippen LogP contribution in [0, 0.1) is 10.1 Å². The second-order valence-electron chi connectivity index (χ2n) is 3.64. The maximum atomic E-state index is 10.9. The lowest BCUT2D eigenvalue weighted by molar-refractivity contribution is -0.384. The molecule has 0 saturated heterocycles. The Bertz CT molecular complexity index is 619. The van der Waals surface area contributed by atoms with Gasteiger partial charge in [-0.1, -0.05) is 11.6 Å². The van der Waals surface area contributed by atoms with Crippen LogP contribution in [0.4, 0.5) is 11.5 Å². The summed E-state index contributed by atoms with van der Waals surface area (Å²) in [5.74, 6) is 0.0852. The van der Waals surface area contributed by atoms with Crippen LogP contribution < -0.4 is 5.32 Å². The van der Waals surface area contributed by atoms with Gasteiger partial charge in [-0.15, -0.1) is 11.3 Å². The number of nitrogens with one attached hydrogen (secondary N) is 1. The fourth-order valence-corrected chi connectivity index (χ4v) is 2.63. The van der Waals surface area contributed by atoms with Crippen molar-refractivity contribution < 1.29 is 4.92 Å². The molecule has 0 aliphatic rings. The fraction of sp³-hybridized carbons (Fsp3) is 0.200. The van der Waals surface area contributed by atoms with Crippen molar-refractivity contribution in [2.24, 2.45) is 0 Å². The Morgan fingerprint density at radius 1 is 1.47 bits per heavy atom. The molecule has 0 fully saturated rings. The number of hydrogen-bond acceptors (Lipinski definition) is 6. The minimum atomic E-state index is -0.563. The molecule has 0 aromatic carbocycles. The molecule has 100 valence electrons. The molecule has 0 aliphatic heterocycles. The summed E-state index contributed by atoms with van der Waals surface area (Å²) in [5.41, 5.74) is -0.223. The Hall–Kier alpha value is -1.44. The zero-order valence-corrected chi connectivity index (χ0v) is 12.0. The van der Waals surface area contributed by atoms with Crippen LogP contribution in [0.3, 0.4) is 0 Å². The first-order valence-corrected chi connectivity index (χ1v) is 6.73. The summed E-state index contributed by atoms with van der Waals surface area (Å²) in [5, 5.41) is 13.8. The molecule has 2 rings (SSSR count). The van der Waals surface area contributed by atoms with Crippen molar-refractivity contribution in [3.8, 4) is 0 Å². The van der Waals surface area contributed by atoms with Gasteiger partial charge in [-0.25, -0.2) is 4.98 Å². The van der Waals surface area contributed by atoms with Crippen molar-refractivity contribution >= 4 is 46.0 Å². The molecule has 2 heterocycles. The third-order valence-corrected chi connectivity index (χ3v) is 3.91. The van der Waals surface area contributed by atoms with Gasteiger partial charge in [-0.2, -0.15) is 4.98 Å². The van der Waals surface area contributed by atoms with Crippen molar-refractivity contribution in [2.45, 2.75) is 13.0 Å². The first-order chi connectivity index (χ1) is 8.97. The molecule has 0 saturated carbocycles. The monoisotopic (exact) mass is 318 g/mol. The maximum absolute atomic E-state index is 10.9. The van der Waals surface area contributed by atoms with E-state index < -0.39 is 4.92 Å². The summed E-state index contributed by atoms with van der Waals surface area (Å²) < 4.78 is 0.652. The highest BCUT2D eigenvalue weighted by atomic mass is 35.5. The smallest absolute Gasteiger partial charge is 0.329 e. The van der Waals surface area contributed by atoms with Gasteiger partial charge in [-0.3, -0.25) is 10.1 Å². The third-order valence-electron chi connectivity index (χ3n) is 2.31. The molecule has 1 unspecified atom stereocenters. The van der Waals surface area contributed by atoms with Crippen LogP contribution in [0.5, 0.6) is 0 Å². The second kappa shape index (κ2) is 5.68. The average molecular weight is 319 g/mol. The Morgan fingerprint density at radius 2 is 2.21 bits per heavy atom. The molecular weight excluding hydrogens is 311 g/mol. The average Bonchev–Trinajstić information content (AvgIpc) is 2.75. The van der Waals surface area contributed by atoms with Crippen LogP contribution >= 0.6 is 34.5 Å². The molecule has 0 amide bonds. The molecule has 0 aliphatic carbocycles. The minimum absolute atomic E-state index is 0.0514. The van der Waals surface area contributed by atoms with E-state index in [4.69, 9.17) is 23.2 Å². The zero-order chi connectivity index (χ0) is 14.0. The van der Waals surface area contributed by atoms with Crippen molar-refractivity contribution in [3.63, 3.8) is 0 Å². The molecule has 0 radical (unpaired) electrons. The Balaban J connectivity index is 2.27. The predicted octanol–water partition coefficient (Wildman–Crippen LogP) is 3.93. The number of thiophene rings is 1. The van der Waals surface area contributed by atoms with E-state index in [9.17, 15) is 10.1 Å². The van der Waals surface area contributed by atoms with Gasteiger partial charge in [0.2, 0.25) is 11.1 Å². The van der Waals surface area contributed by atoms with Gasteiger partial charge in [0.25, 0.3) is 0 Å². The summed E-state index contributed by atoms with van der Waals surface area (Å²) in [6.07, 6.45) is 1.08. The van der Waals surface area contributed by atoms with E-state index in [1.54, 1.807) is 6.07 Å². The number of rotatable bonds is 4. The quantitative estimate of drug-likeness (QED) is 0.525. The summed E-state index contributed by atoms with van der Waals surface area (Å²) in [4.78, 5) is 18.7. The van der Waals surface area contributed by atoms with Gasteiger partial charge < -0.3 is 5.32 Å². The Kier molecular flexibility index (Phi) is 4.18. The van der Waals surface area contributed by atoms with Crippen molar-refractivity contribution in [1.29, 1.82) is 0 Å². The van der Waals surface area contributed by atoms with Crippen LogP contribution in [-0.4, -0.2) is 14.9 Å². The molecule has 2 aromatic heterocycles. The first kappa shape index (κ1) is 14.0. The lowest BCUT2D eigenvalue weighted by atomic mass is 10.2. The topological polar surface area (TPSA) is 81.0 Å². The van der Waals surface area contributed by atoms with E-state index in [0.29, 0.717) is 4.34 Å². The van der Waals surface area contributed by atoms with Crippen LogP contribution in [0.2, 0.25) is 9.62 Å². The number of anilines is 1. The molecule has 19 heavy (non-hydrogen) atoms. The van der Waals surface area contributed by atoms with Gasteiger partial charge in [0.05, 0.1) is 15.3 Å². The van der Waals surface area contributed by atoms with E-state index in [-0.39, 0.29) is 22.8 Å². The van der Waals surface area contributed by atoms with Gasteiger partial charge in [0.1, 0.15) is 6.20 Å². The normalized spacial score (nSPS) is 12.2. The van der Waals surface area contributed by atoms with Crippen LogP contribution in [-0.2, 0) is 0 Å². The number of hydrogen-bond donors (Lipinski definition) is 1. The molecule has 2 aromatic rings. The molecular formula is C10H8Cl2N4O2S. The molecule has 6 nitrogen and oxygen atoms in total. The summed E-state index contributed by atoms with van der Waals surface area (Å²) in [7, 11) is 0. The van der Waals surface area contributed by atoms with Crippen molar-refractivity contribution in [2.75, 3.05) is 5.32 Å². The highest BCUT2D eigenvalue weighted by Crippen LogP contribution is 2.31. The Labute approximate surface area is 122 Å². The third kappa shape index (κ3) is 3.31. The van der Waals surface area contributed by atoms with E-state index >= 15 is 0 Å². The highest BCUT2D eigenvalue weighted by Gasteiger charge is 2.19. The Morgan fingerprint density at radius 3 is 2.79 bits per heavy atom. The number of halogens is 2. The van der Waals surface area contributed by atoms with Crippen LogP contribution in [0.15, 0.2) is 18.3 Å². The van der Waals surface area contributed by atoms with Gasteiger partial charge >= 0.3 is 5.69 Å². The zero-order valence-electron chi connectivity index (χ0n) is 9.63. The van der Waals surface area contributed by atoms with Crippen LogP contribution in [0.25, 0.3) is 0 Å². The summed E-state index contributed by atoms with van der Waals surface area (Å²) in [6.45, 7) is 1.85. The standard InChI is InChI=1S/C10H8Cl2N4O2S/c1-5(7-2-3-8(11)19-7)14-9-6(16(17)18)4-13-10(12)15-9/h2-5H,1H3,(H,13,14,15). The summed E-state index contributed by atoms with van der Waals surface area (Å²) in [6, 6.07) is 3.43. The van der Waals surface area contributed by atoms with E-state index in [2.05, 4.69) is 15.3 Å². The number of nitrogens with zero attached hydrogens (tertiary/aromatic N) is 3. The number of aromatic nitrogens is 2. The maximum Gasteiger partial charge on any atom is 0.329 e. The SMILES string of the molecule is CC(Nc1nc(Cl)ncc1[N+](=O)[O-])c1ccc(Cl)s1. The first-order valence-electron chi connectivity index (χ1n) is 5.16. The fourth-order valence-electron chi connectivity index (χ4n) is 1.43. The molecule has 0 bridgehead atoms. The van der Waals surface area contributed by atoms with Gasteiger partial charge in [0.15, 0.2) is 0 Å². The van der Waals surface area contributed by atoms with E-state index in [1.807, 2.05) is 13.0 Å². The second-order valence-corrected chi connectivity index (χ2v) is 5.72. The summed E-state index contributed by atoms with van der Waals surface area (Å²) >= 11 is 12.9. The molecule has 1 atom stereocenters. The molecule has 0 spiro atoms. The van der Waals surface area contributed by atoms with Gasteiger partial charge in [0, 0.05) is 4.88 Å². The van der Waals surface area contributed by atoms with Crippen molar-refractivity contribution in [3.05, 3.63) is 42.9 Å². The molecule has 1 N–H and O–H groups in total. The number of nitro groups is 1. The van der Waals surface area contributed by atoms with E-state index in [0.717, 1.165) is 11.1 Å². The lowest BCUT2D eigenvalue weighted by Gasteiger charge is -2.12. The largest absolute Gasteiger partial charge is 0.357 e.